The van der Waals surface area contributed by atoms with Crippen LogP contribution in [0, 0.1) is 5.82 Å². The molecule has 0 N–H and O–H groups in total. The smallest absolute Gasteiger partial charge is 0.255 e. The van der Waals surface area contributed by atoms with Crippen LogP contribution in [0.4, 0.5) is 4.39 Å². The number of nitrogens with zero attached hydrogens (tertiary/aromatic N) is 2. The lowest BCUT2D eigenvalue weighted by Crippen LogP contribution is -2.36. The van der Waals surface area contributed by atoms with Gasteiger partial charge in [-0.05, 0) is 55.7 Å². The second kappa shape index (κ2) is 9.24. The molecule has 8 heteroatoms. The Hall–Kier alpha value is -1.96. The molecule has 0 aromatic heterocycles. The van der Waals surface area contributed by atoms with E-state index in [0.29, 0.717) is 25.2 Å². The molecule has 156 valence electrons. The van der Waals surface area contributed by atoms with Crippen LogP contribution in [0.25, 0.3) is 0 Å². The molecule has 0 atom stereocenters. The SMILES string of the molecule is CCN(Cc1cccc(F)c1)C(=O)c1cc(S(=O)(=O)N2CCCCC2)ccc1Cl. The van der Waals surface area contributed by atoms with Gasteiger partial charge in [0.1, 0.15) is 5.82 Å². The van der Waals surface area contributed by atoms with Gasteiger partial charge in [0.15, 0.2) is 0 Å². The number of benzene rings is 2. The van der Waals surface area contributed by atoms with E-state index in [0.717, 1.165) is 19.3 Å². The molecule has 0 unspecified atom stereocenters. The van der Waals surface area contributed by atoms with E-state index in [1.165, 1.54) is 39.5 Å². The first-order valence-corrected chi connectivity index (χ1v) is 11.5. The van der Waals surface area contributed by atoms with Crippen molar-refractivity contribution in [2.75, 3.05) is 19.6 Å². The van der Waals surface area contributed by atoms with Crippen LogP contribution in [0.1, 0.15) is 42.1 Å². The van der Waals surface area contributed by atoms with Crippen LogP contribution in [0.3, 0.4) is 0 Å². The standard InChI is InChI=1S/C21H24ClFN2O3S/c1-2-24(15-16-7-6-8-17(23)13-16)21(26)19-14-18(9-10-20(19)22)29(27,28)25-11-4-3-5-12-25/h6-10,13-14H,2-5,11-12,15H2,1H3. The molecule has 2 aromatic rings. The predicted octanol–water partition coefficient (Wildman–Crippen LogP) is 4.32. The van der Waals surface area contributed by atoms with Gasteiger partial charge in [-0.1, -0.05) is 30.2 Å². The van der Waals surface area contributed by atoms with Crippen molar-refractivity contribution < 1.29 is 17.6 Å². The van der Waals surface area contributed by atoms with Crippen molar-refractivity contribution in [3.8, 4) is 0 Å². The number of sulfonamides is 1. The van der Waals surface area contributed by atoms with Crippen molar-refractivity contribution in [3.05, 3.63) is 64.4 Å². The number of carbonyl (C=O) groups is 1. The molecule has 2 aromatic carbocycles. The number of piperidine rings is 1. The zero-order valence-corrected chi connectivity index (χ0v) is 17.8. The summed E-state index contributed by atoms with van der Waals surface area (Å²) in [7, 11) is -3.68. The molecule has 29 heavy (non-hydrogen) atoms. The lowest BCUT2D eigenvalue weighted by Gasteiger charge is -2.26. The van der Waals surface area contributed by atoms with Gasteiger partial charge >= 0.3 is 0 Å². The molecule has 0 aliphatic carbocycles. The quantitative estimate of drug-likeness (QED) is 0.675. The van der Waals surface area contributed by atoms with Gasteiger partial charge in [0.25, 0.3) is 5.91 Å². The van der Waals surface area contributed by atoms with E-state index >= 15 is 0 Å². The Labute approximate surface area is 176 Å². The summed E-state index contributed by atoms with van der Waals surface area (Å²) in [5.41, 5.74) is 0.774. The fraction of sp³-hybridized carbons (Fsp3) is 0.381. The topological polar surface area (TPSA) is 57.7 Å². The zero-order valence-electron chi connectivity index (χ0n) is 16.3. The Morgan fingerprint density at radius 3 is 2.52 bits per heavy atom. The average Bonchev–Trinajstić information content (AvgIpc) is 2.72. The molecule has 1 aliphatic heterocycles. The van der Waals surface area contributed by atoms with Crippen LogP contribution in [0.5, 0.6) is 0 Å². The molecule has 3 rings (SSSR count). The number of rotatable bonds is 6. The summed E-state index contributed by atoms with van der Waals surface area (Å²) in [6, 6.07) is 10.3. The molecule has 0 bridgehead atoms. The van der Waals surface area contributed by atoms with Gasteiger partial charge in [0.2, 0.25) is 10.0 Å². The largest absolute Gasteiger partial charge is 0.335 e. The maximum Gasteiger partial charge on any atom is 0.255 e. The maximum absolute atomic E-state index is 13.5. The summed E-state index contributed by atoms with van der Waals surface area (Å²) >= 11 is 6.24. The first-order valence-electron chi connectivity index (χ1n) is 9.66. The Morgan fingerprint density at radius 1 is 1.14 bits per heavy atom. The van der Waals surface area contributed by atoms with E-state index in [-0.39, 0.29) is 27.8 Å². The minimum atomic E-state index is -3.68. The van der Waals surface area contributed by atoms with Gasteiger partial charge in [0, 0.05) is 26.2 Å². The molecule has 1 amide bonds. The van der Waals surface area contributed by atoms with Gasteiger partial charge in [-0.15, -0.1) is 0 Å². The lowest BCUT2D eigenvalue weighted by molar-refractivity contribution is 0.0752. The summed E-state index contributed by atoms with van der Waals surface area (Å²) in [4.78, 5) is 14.7. The summed E-state index contributed by atoms with van der Waals surface area (Å²) < 4.78 is 40.8. The van der Waals surface area contributed by atoms with E-state index in [4.69, 9.17) is 11.6 Å². The van der Waals surface area contributed by atoms with Crippen LogP contribution in [-0.2, 0) is 16.6 Å². The molecule has 1 fully saturated rings. The second-order valence-corrected chi connectivity index (χ2v) is 9.40. The molecule has 0 spiro atoms. The van der Waals surface area contributed by atoms with Gasteiger partial charge in [-0.25, -0.2) is 12.8 Å². The van der Waals surface area contributed by atoms with Crippen molar-refractivity contribution in [3.63, 3.8) is 0 Å². The van der Waals surface area contributed by atoms with Crippen molar-refractivity contribution in [1.29, 1.82) is 0 Å². The van der Waals surface area contributed by atoms with Gasteiger partial charge < -0.3 is 4.90 Å². The van der Waals surface area contributed by atoms with E-state index < -0.39 is 15.9 Å². The zero-order chi connectivity index (χ0) is 21.0. The van der Waals surface area contributed by atoms with Crippen molar-refractivity contribution in [1.82, 2.24) is 9.21 Å². The monoisotopic (exact) mass is 438 g/mol. The van der Waals surface area contributed by atoms with Crippen LogP contribution in [-0.4, -0.2) is 43.2 Å². The van der Waals surface area contributed by atoms with E-state index in [1.54, 1.807) is 19.1 Å². The maximum atomic E-state index is 13.5. The minimum Gasteiger partial charge on any atom is -0.335 e. The number of halogens is 2. The Balaban J connectivity index is 1.88. The van der Waals surface area contributed by atoms with Gasteiger partial charge in [-0.3, -0.25) is 4.79 Å². The van der Waals surface area contributed by atoms with Crippen LogP contribution >= 0.6 is 11.6 Å². The lowest BCUT2D eigenvalue weighted by atomic mass is 10.1. The predicted molar refractivity (Wildman–Crippen MR) is 111 cm³/mol. The number of hydrogen-bond donors (Lipinski definition) is 0. The summed E-state index contributed by atoms with van der Waals surface area (Å²) in [5.74, 6) is -0.767. The van der Waals surface area contributed by atoms with E-state index in [2.05, 4.69) is 0 Å². The molecule has 1 aliphatic rings. The van der Waals surface area contributed by atoms with E-state index in [9.17, 15) is 17.6 Å². The van der Waals surface area contributed by atoms with Gasteiger partial charge in [-0.2, -0.15) is 4.31 Å². The second-order valence-electron chi connectivity index (χ2n) is 7.06. The summed E-state index contributed by atoms with van der Waals surface area (Å²) in [6.45, 7) is 3.34. The highest BCUT2D eigenvalue weighted by molar-refractivity contribution is 7.89. The fourth-order valence-corrected chi connectivity index (χ4v) is 5.18. The first kappa shape index (κ1) is 21.7. The fourth-order valence-electron chi connectivity index (χ4n) is 3.44. The number of hydrogen-bond acceptors (Lipinski definition) is 3. The molecular formula is C21H24ClFN2O3S. The highest BCUT2D eigenvalue weighted by Gasteiger charge is 2.28. The Kier molecular flexibility index (Phi) is 6.93. The van der Waals surface area contributed by atoms with Crippen molar-refractivity contribution >= 4 is 27.5 Å². The summed E-state index contributed by atoms with van der Waals surface area (Å²) in [5, 5.41) is 0.185. The summed E-state index contributed by atoms with van der Waals surface area (Å²) in [6.07, 6.45) is 2.67. The molecule has 1 saturated heterocycles. The minimum absolute atomic E-state index is 0.0639. The van der Waals surface area contributed by atoms with Crippen molar-refractivity contribution in [2.24, 2.45) is 0 Å². The van der Waals surface area contributed by atoms with Crippen molar-refractivity contribution in [2.45, 2.75) is 37.6 Å². The third-order valence-corrected chi connectivity index (χ3v) is 7.28. The third-order valence-electron chi connectivity index (χ3n) is 5.05. The normalized spacial score (nSPS) is 15.3. The molecule has 0 saturated carbocycles. The third kappa shape index (κ3) is 4.97. The first-order chi connectivity index (χ1) is 13.8. The number of carbonyl (C=O) groups excluding carboxylic acids is 1. The van der Waals surface area contributed by atoms with E-state index in [1.807, 2.05) is 0 Å². The highest BCUT2D eigenvalue weighted by Crippen LogP contribution is 2.26. The van der Waals surface area contributed by atoms with Gasteiger partial charge in [0.05, 0.1) is 15.5 Å². The highest BCUT2D eigenvalue weighted by atomic mass is 35.5. The van der Waals surface area contributed by atoms with Crippen LogP contribution < -0.4 is 0 Å². The number of amides is 1. The Bertz CT molecular complexity index is 991. The Morgan fingerprint density at radius 2 is 1.86 bits per heavy atom. The average molecular weight is 439 g/mol. The van der Waals surface area contributed by atoms with Crippen LogP contribution in [0.15, 0.2) is 47.4 Å². The molecular weight excluding hydrogens is 415 g/mol. The molecule has 5 nitrogen and oxygen atoms in total. The molecule has 1 heterocycles. The molecule has 0 radical (unpaired) electrons. The van der Waals surface area contributed by atoms with Crippen LogP contribution in [0.2, 0.25) is 5.02 Å².